The highest BCUT2D eigenvalue weighted by Gasteiger charge is 2.21. The van der Waals surface area contributed by atoms with Crippen LogP contribution in [0.2, 0.25) is 0 Å². The molecular weight excluding hydrogens is 182 g/mol. The number of allylic oxidation sites excluding steroid dienone is 1. The summed E-state index contributed by atoms with van der Waals surface area (Å²) in [6.07, 6.45) is 5.55. The molecule has 1 rings (SSSR count). The maximum atomic E-state index is 5.57. The molecule has 2 heteroatoms. The minimum atomic E-state index is 0.639. The van der Waals surface area contributed by atoms with E-state index in [9.17, 15) is 0 Å². The van der Waals surface area contributed by atoms with Gasteiger partial charge < -0.3 is 0 Å². The number of alkyl halides is 1. The molecule has 1 aliphatic rings. The zero-order valence-electron chi connectivity index (χ0n) is 8.67. The molecule has 1 aliphatic heterocycles. The SMILES string of the molecule is CC1CCN(C/C=C/CCl)CC1C. The second-order valence-corrected chi connectivity index (χ2v) is 4.44. The zero-order valence-corrected chi connectivity index (χ0v) is 9.43. The van der Waals surface area contributed by atoms with Crippen LogP contribution in [0.4, 0.5) is 0 Å². The van der Waals surface area contributed by atoms with Crippen LogP contribution in [-0.2, 0) is 0 Å². The van der Waals surface area contributed by atoms with Gasteiger partial charge in [0.1, 0.15) is 0 Å². The van der Waals surface area contributed by atoms with E-state index in [1.54, 1.807) is 0 Å². The lowest BCUT2D eigenvalue weighted by molar-refractivity contribution is 0.151. The Morgan fingerprint density at radius 3 is 2.69 bits per heavy atom. The lowest BCUT2D eigenvalue weighted by Crippen LogP contribution is -2.38. The Bertz CT molecular complexity index is 167. The fraction of sp³-hybridized carbons (Fsp3) is 0.818. The second kappa shape index (κ2) is 5.66. The molecule has 1 nitrogen and oxygen atoms in total. The van der Waals surface area contributed by atoms with Crippen LogP contribution in [0.1, 0.15) is 20.3 Å². The van der Waals surface area contributed by atoms with Crippen molar-refractivity contribution >= 4 is 11.6 Å². The Hall–Kier alpha value is -0.0100. The molecule has 0 bridgehead atoms. The second-order valence-electron chi connectivity index (χ2n) is 4.13. The highest BCUT2D eigenvalue weighted by molar-refractivity contribution is 6.18. The maximum Gasteiger partial charge on any atom is 0.0404 e. The average Bonchev–Trinajstić information content (AvgIpc) is 2.12. The fourth-order valence-electron chi connectivity index (χ4n) is 1.80. The van der Waals surface area contributed by atoms with Crippen molar-refractivity contribution in [1.29, 1.82) is 0 Å². The standard InChI is InChI=1S/C11H20ClN/c1-10-5-8-13(9-11(10)2)7-4-3-6-12/h3-4,10-11H,5-9H2,1-2H3/b4-3+. The van der Waals surface area contributed by atoms with Crippen LogP contribution >= 0.6 is 11.6 Å². The van der Waals surface area contributed by atoms with Crippen LogP contribution in [0.15, 0.2) is 12.2 Å². The lowest BCUT2D eigenvalue weighted by atomic mass is 9.89. The summed E-state index contributed by atoms with van der Waals surface area (Å²) in [4.78, 5) is 2.51. The maximum absolute atomic E-state index is 5.57. The molecule has 0 aliphatic carbocycles. The molecule has 76 valence electrons. The molecule has 0 aromatic carbocycles. The van der Waals surface area contributed by atoms with E-state index >= 15 is 0 Å². The first-order valence-corrected chi connectivity index (χ1v) is 5.70. The predicted octanol–water partition coefficient (Wildman–Crippen LogP) is 2.76. The Balaban J connectivity index is 2.25. The third-order valence-corrected chi connectivity index (χ3v) is 3.22. The summed E-state index contributed by atoms with van der Waals surface area (Å²) in [7, 11) is 0. The normalized spacial score (nSPS) is 31.3. The van der Waals surface area contributed by atoms with Crippen LogP contribution in [0.5, 0.6) is 0 Å². The molecule has 1 saturated heterocycles. The van der Waals surface area contributed by atoms with E-state index in [1.165, 1.54) is 19.5 Å². The number of hydrogen-bond acceptors (Lipinski definition) is 1. The summed E-state index contributed by atoms with van der Waals surface area (Å²) in [5, 5.41) is 0. The molecule has 1 heterocycles. The van der Waals surface area contributed by atoms with Gasteiger partial charge in [-0.25, -0.2) is 0 Å². The molecule has 13 heavy (non-hydrogen) atoms. The van der Waals surface area contributed by atoms with Gasteiger partial charge in [-0.1, -0.05) is 26.0 Å². The highest BCUT2D eigenvalue weighted by atomic mass is 35.5. The first-order valence-electron chi connectivity index (χ1n) is 5.17. The molecule has 0 spiro atoms. The minimum absolute atomic E-state index is 0.639. The molecule has 2 unspecified atom stereocenters. The largest absolute Gasteiger partial charge is 0.299 e. The molecular formula is C11H20ClN. The van der Waals surface area contributed by atoms with E-state index in [2.05, 4.69) is 24.8 Å². The summed E-state index contributed by atoms with van der Waals surface area (Å²) >= 11 is 5.57. The Labute approximate surface area is 86.8 Å². The molecule has 0 saturated carbocycles. The summed E-state index contributed by atoms with van der Waals surface area (Å²) < 4.78 is 0. The van der Waals surface area contributed by atoms with Gasteiger partial charge in [0.15, 0.2) is 0 Å². The topological polar surface area (TPSA) is 3.24 Å². The van der Waals surface area contributed by atoms with E-state index in [0.717, 1.165) is 18.4 Å². The molecule has 0 amide bonds. The number of hydrogen-bond donors (Lipinski definition) is 0. The van der Waals surface area contributed by atoms with E-state index in [0.29, 0.717) is 5.88 Å². The van der Waals surface area contributed by atoms with Gasteiger partial charge in [-0.15, -0.1) is 11.6 Å². The van der Waals surface area contributed by atoms with Crippen molar-refractivity contribution < 1.29 is 0 Å². The van der Waals surface area contributed by atoms with Crippen molar-refractivity contribution in [2.75, 3.05) is 25.5 Å². The fourth-order valence-corrected chi connectivity index (χ4v) is 1.93. The van der Waals surface area contributed by atoms with Crippen molar-refractivity contribution in [3.05, 3.63) is 12.2 Å². The molecule has 0 aromatic rings. The van der Waals surface area contributed by atoms with Crippen LogP contribution < -0.4 is 0 Å². The van der Waals surface area contributed by atoms with E-state index in [4.69, 9.17) is 11.6 Å². The van der Waals surface area contributed by atoms with Crippen LogP contribution in [0.25, 0.3) is 0 Å². The number of nitrogens with zero attached hydrogens (tertiary/aromatic N) is 1. The molecule has 0 radical (unpaired) electrons. The van der Waals surface area contributed by atoms with Gasteiger partial charge in [-0.3, -0.25) is 4.90 Å². The number of likely N-dealkylation sites (tertiary alicyclic amines) is 1. The number of rotatable bonds is 3. The van der Waals surface area contributed by atoms with Gasteiger partial charge in [0.2, 0.25) is 0 Å². The Morgan fingerprint density at radius 2 is 2.08 bits per heavy atom. The van der Waals surface area contributed by atoms with Crippen molar-refractivity contribution in [3.63, 3.8) is 0 Å². The van der Waals surface area contributed by atoms with Gasteiger partial charge in [0.25, 0.3) is 0 Å². The van der Waals surface area contributed by atoms with Crippen LogP contribution in [0.3, 0.4) is 0 Å². The van der Waals surface area contributed by atoms with Gasteiger partial charge in [-0.2, -0.15) is 0 Å². The average molecular weight is 202 g/mol. The highest BCUT2D eigenvalue weighted by Crippen LogP contribution is 2.21. The quantitative estimate of drug-likeness (QED) is 0.502. The molecule has 2 atom stereocenters. The third-order valence-electron chi connectivity index (χ3n) is 3.04. The van der Waals surface area contributed by atoms with Gasteiger partial charge >= 0.3 is 0 Å². The summed E-state index contributed by atoms with van der Waals surface area (Å²) in [6.45, 7) is 8.27. The van der Waals surface area contributed by atoms with E-state index < -0.39 is 0 Å². The smallest absolute Gasteiger partial charge is 0.0404 e. The number of piperidine rings is 1. The van der Waals surface area contributed by atoms with Crippen molar-refractivity contribution in [2.24, 2.45) is 11.8 Å². The number of halogens is 1. The lowest BCUT2D eigenvalue weighted by Gasteiger charge is -2.34. The summed E-state index contributed by atoms with van der Waals surface area (Å²) in [6, 6.07) is 0. The minimum Gasteiger partial charge on any atom is -0.299 e. The van der Waals surface area contributed by atoms with E-state index in [1.807, 2.05) is 6.08 Å². The molecule has 0 aromatic heterocycles. The third kappa shape index (κ3) is 3.70. The summed E-state index contributed by atoms with van der Waals surface area (Å²) in [5.74, 6) is 2.38. The van der Waals surface area contributed by atoms with Crippen molar-refractivity contribution in [2.45, 2.75) is 20.3 Å². The van der Waals surface area contributed by atoms with Gasteiger partial charge in [0.05, 0.1) is 0 Å². The monoisotopic (exact) mass is 201 g/mol. The van der Waals surface area contributed by atoms with Crippen LogP contribution in [-0.4, -0.2) is 30.4 Å². The Kier molecular flexibility index (Phi) is 4.82. The predicted molar refractivity (Wildman–Crippen MR) is 59.2 cm³/mol. The van der Waals surface area contributed by atoms with Gasteiger partial charge in [-0.05, 0) is 24.8 Å². The Morgan fingerprint density at radius 1 is 1.31 bits per heavy atom. The first kappa shape index (κ1) is 11.1. The molecule has 0 N–H and O–H groups in total. The van der Waals surface area contributed by atoms with Crippen molar-refractivity contribution in [3.8, 4) is 0 Å². The molecule has 1 fully saturated rings. The van der Waals surface area contributed by atoms with E-state index in [-0.39, 0.29) is 0 Å². The van der Waals surface area contributed by atoms with Crippen molar-refractivity contribution in [1.82, 2.24) is 4.90 Å². The van der Waals surface area contributed by atoms with Crippen LogP contribution in [0, 0.1) is 11.8 Å². The first-order chi connectivity index (χ1) is 6.24. The summed E-state index contributed by atoms with van der Waals surface area (Å²) in [5.41, 5.74) is 0. The zero-order chi connectivity index (χ0) is 9.68. The van der Waals surface area contributed by atoms with Gasteiger partial charge in [0, 0.05) is 19.0 Å².